The maximum Gasteiger partial charge on any atom is 0.227 e. The van der Waals surface area contributed by atoms with Crippen LogP contribution in [0.5, 0.6) is 0 Å². The van der Waals surface area contributed by atoms with E-state index in [0.717, 1.165) is 63.6 Å². The summed E-state index contributed by atoms with van der Waals surface area (Å²) in [5, 5.41) is 0. The Morgan fingerprint density at radius 1 is 0.957 bits per heavy atom. The van der Waals surface area contributed by atoms with Crippen LogP contribution in [0.1, 0.15) is 47.0 Å². The highest BCUT2D eigenvalue weighted by molar-refractivity contribution is 5.79. The number of carbonyl (C=O) groups excluding carboxylic acids is 1. The second-order valence-corrected chi connectivity index (χ2v) is 8.56. The molecule has 1 aliphatic carbocycles. The predicted octanol–water partition coefficient (Wildman–Crippen LogP) is 2.30. The van der Waals surface area contributed by atoms with Gasteiger partial charge in [-0.25, -0.2) is 0 Å². The second-order valence-electron chi connectivity index (χ2n) is 8.56. The Balaban J connectivity index is 1.42. The number of amides is 1. The predicted molar refractivity (Wildman–Crippen MR) is 94.3 cm³/mol. The highest BCUT2D eigenvalue weighted by Crippen LogP contribution is 2.37. The van der Waals surface area contributed by atoms with E-state index in [-0.39, 0.29) is 5.92 Å². The molecule has 1 atom stereocenters. The lowest BCUT2D eigenvalue weighted by Gasteiger charge is -2.48. The molecule has 4 heteroatoms. The summed E-state index contributed by atoms with van der Waals surface area (Å²) in [5.74, 6) is 2.43. The first kappa shape index (κ1) is 17.2. The van der Waals surface area contributed by atoms with Gasteiger partial charge in [0.2, 0.25) is 5.91 Å². The lowest BCUT2D eigenvalue weighted by molar-refractivity contribution is -0.137. The zero-order valence-electron chi connectivity index (χ0n) is 15.5. The van der Waals surface area contributed by atoms with Gasteiger partial charge < -0.3 is 9.80 Å². The molecular weight excluding hydrogens is 286 g/mol. The Morgan fingerprint density at radius 2 is 1.61 bits per heavy atom. The molecule has 132 valence electrons. The third-order valence-corrected chi connectivity index (χ3v) is 6.53. The minimum atomic E-state index is 0.248. The molecular formula is C19H35N3O. The number of nitrogens with zero attached hydrogens (tertiary/aromatic N) is 3. The van der Waals surface area contributed by atoms with Gasteiger partial charge in [0.25, 0.3) is 0 Å². The van der Waals surface area contributed by atoms with E-state index < -0.39 is 0 Å². The van der Waals surface area contributed by atoms with Gasteiger partial charge in [0.15, 0.2) is 0 Å². The molecule has 2 saturated heterocycles. The van der Waals surface area contributed by atoms with Crippen molar-refractivity contribution in [3.05, 3.63) is 0 Å². The van der Waals surface area contributed by atoms with Crippen LogP contribution in [0.2, 0.25) is 0 Å². The van der Waals surface area contributed by atoms with Crippen LogP contribution in [0.15, 0.2) is 0 Å². The first-order chi connectivity index (χ1) is 11.0. The van der Waals surface area contributed by atoms with Crippen LogP contribution in [0.3, 0.4) is 0 Å². The maximum atomic E-state index is 12.8. The van der Waals surface area contributed by atoms with Crippen LogP contribution in [0, 0.1) is 17.8 Å². The van der Waals surface area contributed by atoms with E-state index in [2.05, 4.69) is 42.4 Å². The van der Waals surface area contributed by atoms with Gasteiger partial charge in [-0.3, -0.25) is 9.69 Å². The first-order valence-electron chi connectivity index (χ1n) is 9.72. The molecule has 1 saturated carbocycles. The zero-order valence-corrected chi connectivity index (χ0v) is 15.5. The number of hydrogen-bond donors (Lipinski definition) is 0. The van der Waals surface area contributed by atoms with E-state index in [4.69, 9.17) is 0 Å². The van der Waals surface area contributed by atoms with Crippen LogP contribution in [-0.2, 0) is 4.79 Å². The molecule has 23 heavy (non-hydrogen) atoms. The molecule has 0 bridgehead atoms. The van der Waals surface area contributed by atoms with E-state index >= 15 is 0 Å². The van der Waals surface area contributed by atoms with Gasteiger partial charge in [0, 0.05) is 44.8 Å². The normalized spacial score (nSPS) is 33.5. The van der Waals surface area contributed by atoms with E-state index in [1.54, 1.807) is 0 Å². The van der Waals surface area contributed by atoms with Crippen molar-refractivity contribution in [3.8, 4) is 0 Å². The largest absolute Gasteiger partial charge is 0.340 e. The lowest BCUT2D eigenvalue weighted by atomic mass is 9.73. The summed E-state index contributed by atoms with van der Waals surface area (Å²) in [7, 11) is 0. The summed E-state index contributed by atoms with van der Waals surface area (Å²) < 4.78 is 0. The zero-order chi connectivity index (χ0) is 16.6. The van der Waals surface area contributed by atoms with E-state index in [0.29, 0.717) is 11.9 Å². The topological polar surface area (TPSA) is 26.8 Å². The molecule has 0 aromatic carbocycles. The molecule has 0 aromatic heterocycles. The average Bonchev–Trinajstić information content (AvgIpc) is 2.95. The Kier molecular flexibility index (Phi) is 5.32. The van der Waals surface area contributed by atoms with E-state index in [9.17, 15) is 4.79 Å². The molecule has 3 aliphatic rings. The Hall–Kier alpha value is -0.610. The minimum absolute atomic E-state index is 0.248. The van der Waals surface area contributed by atoms with Crippen molar-refractivity contribution < 1.29 is 4.79 Å². The van der Waals surface area contributed by atoms with Gasteiger partial charge >= 0.3 is 0 Å². The molecule has 2 heterocycles. The van der Waals surface area contributed by atoms with E-state index in [1.165, 1.54) is 12.8 Å². The highest BCUT2D eigenvalue weighted by atomic mass is 16.2. The fourth-order valence-electron chi connectivity index (χ4n) is 4.50. The fourth-order valence-corrected chi connectivity index (χ4v) is 4.50. The third-order valence-electron chi connectivity index (χ3n) is 6.53. The summed E-state index contributed by atoms with van der Waals surface area (Å²) in [6.07, 6.45) is 3.80. The Morgan fingerprint density at radius 3 is 2.13 bits per heavy atom. The standard InChI is InChI=1S/C19H35N3O/c1-14(2)17-11-18(12-17)20-7-9-21(10-8-20)19(23)16-5-6-22(13-16)15(3)4/h14-18H,5-13H2,1-4H3/t16-,17?,18?/m0/s1. The van der Waals surface area contributed by atoms with Gasteiger partial charge in [0.05, 0.1) is 5.92 Å². The van der Waals surface area contributed by atoms with Crippen molar-refractivity contribution >= 4 is 5.91 Å². The Bertz CT molecular complexity index is 409. The molecule has 0 spiro atoms. The first-order valence-corrected chi connectivity index (χ1v) is 9.72. The average molecular weight is 322 g/mol. The SMILES string of the molecule is CC(C)C1CC(N2CCN(C(=O)[C@H]3CCN(C(C)C)C3)CC2)C1. The molecule has 3 fully saturated rings. The molecule has 2 aliphatic heterocycles. The van der Waals surface area contributed by atoms with Gasteiger partial charge in [-0.15, -0.1) is 0 Å². The van der Waals surface area contributed by atoms with Crippen molar-refractivity contribution in [1.82, 2.24) is 14.7 Å². The summed E-state index contributed by atoms with van der Waals surface area (Å²) >= 11 is 0. The van der Waals surface area contributed by atoms with Crippen molar-refractivity contribution in [3.63, 3.8) is 0 Å². The smallest absolute Gasteiger partial charge is 0.227 e. The Labute approximate surface area is 142 Å². The molecule has 4 nitrogen and oxygen atoms in total. The molecule has 0 aromatic rings. The maximum absolute atomic E-state index is 12.8. The van der Waals surface area contributed by atoms with Crippen LogP contribution >= 0.6 is 0 Å². The number of hydrogen-bond acceptors (Lipinski definition) is 3. The van der Waals surface area contributed by atoms with Crippen LogP contribution in [-0.4, -0.2) is 72.0 Å². The highest BCUT2D eigenvalue weighted by Gasteiger charge is 2.38. The third kappa shape index (κ3) is 3.74. The molecule has 0 N–H and O–H groups in total. The minimum Gasteiger partial charge on any atom is -0.340 e. The number of likely N-dealkylation sites (tertiary alicyclic amines) is 1. The fraction of sp³-hybridized carbons (Fsp3) is 0.947. The molecule has 0 unspecified atom stereocenters. The van der Waals surface area contributed by atoms with E-state index in [1.807, 2.05) is 0 Å². The van der Waals surface area contributed by atoms with Crippen molar-refractivity contribution in [2.45, 2.75) is 59.0 Å². The quantitative estimate of drug-likeness (QED) is 0.795. The van der Waals surface area contributed by atoms with Crippen molar-refractivity contribution in [2.24, 2.45) is 17.8 Å². The van der Waals surface area contributed by atoms with Crippen LogP contribution in [0.4, 0.5) is 0 Å². The van der Waals surface area contributed by atoms with Crippen molar-refractivity contribution in [1.29, 1.82) is 0 Å². The number of carbonyl (C=O) groups is 1. The number of piperazine rings is 1. The van der Waals surface area contributed by atoms with Gasteiger partial charge in [-0.05, 0) is 51.5 Å². The number of rotatable bonds is 4. The monoisotopic (exact) mass is 321 g/mol. The molecule has 1 amide bonds. The lowest BCUT2D eigenvalue weighted by Crippen LogP contribution is -2.56. The van der Waals surface area contributed by atoms with Crippen LogP contribution < -0.4 is 0 Å². The summed E-state index contributed by atoms with van der Waals surface area (Å²) in [6.45, 7) is 15.3. The second kappa shape index (κ2) is 7.10. The molecule has 0 radical (unpaired) electrons. The van der Waals surface area contributed by atoms with Crippen LogP contribution in [0.25, 0.3) is 0 Å². The summed E-state index contributed by atoms with van der Waals surface area (Å²) in [6, 6.07) is 1.36. The van der Waals surface area contributed by atoms with Gasteiger partial charge in [0.1, 0.15) is 0 Å². The van der Waals surface area contributed by atoms with Gasteiger partial charge in [-0.2, -0.15) is 0 Å². The summed E-state index contributed by atoms with van der Waals surface area (Å²) in [4.78, 5) is 20.0. The van der Waals surface area contributed by atoms with Crippen molar-refractivity contribution in [2.75, 3.05) is 39.3 Å². The van der Waals surface area contributed by atoms with Gasteiger partial charge in [-0.1, -0.05) is 13.8 Å². The summed E-state index contributed by atoms with van der Waals surface area (Å²) in [5.41, 5.74) is 0. The molecule has 3 rings (SSSR count).